The second-order valence-corrected chi connectivity index (χ2v) is 5.73. The van der Waals surface area contributed by atoms with Gasteiger partial charge in [-0.3, -0.25) is 9.59 Å². The maximum Gasteiger partial charge on any atom is 0.308 e. The van der Waals surface area contributed by atoms with E-state index in [2.05, 4.69) is 5.32 Å². The molecule has 2 atom stereocenters. The lowest BCUT2D eigenvalue weighted by atomic mass is 9.84. The van der Waals surface area contributed by atoms with E-state index in [1.165, 1.54) is 11.3 Å². The van der Waals surface area contributed by atoms with Crippen LogP contribution in [-0.4, -0.2) is 23.0 Å². The molecule has 0 radical (unpaired) electrons. The van der Waals surface area contributed by atoms with E-state index in [4.69, 9.17) is 16.7 Å². The number of rotatable bonds is 3. The maximum absolute atomic E-state index is 12.0. The van der Waals surface area contributed by atoms with Gasteiger partial charge < -0.3 is 10.4 Å². The Morgan fingerprint density at radius 1 is 1.39 bits per heavy atom. The number of hydrogen-bond acceptors (Lipinski definition) is 3. The van der Waals surface area contributed by atoms with Crippen LogP contribution in [0.15, 0.2) is 11.4 Å². The van der Waals surface area contributed by atoms with Crippen molar-refractivity contribution >= 4 is 34.8 Å². The molecule has 2 unspecified atom stereocenters. The Morgan fingerprint density at radius 2 is 2.11 bits per heavy atom. The fourth-order valence-corrected chi connectivity index (χ4v) is 3.33. The topological polar surface area (TPSA) is 66.4 Å². The van der Waals surface area contributed by atoms with Crippen LogP contribution in [-0.2, 0) is 4.79 Å². The standard InChI is InChI=1S/C12H14ClNO3S/c13-8-5-6-18-10(8)11(15)14-9-4-2-1-3-7(9)12(16)17/h5-7,9H,1-4H2,(H,14,15)(H,16,17). The lowest BCUT2D eigenvalue weighted by Gasteiger charge is -2.29. The summed E-state index contributed by atoms with van der Waals surface area (Å²) in [7, 11) is 0. The summed E-state index contributed by atoms with van der Waals surface area (Å²) in [6.07, 6.45) is 3.19. The lowest BCUT2D eigenvalue weighted by molar-refractivity contribution is -0.143. The van der Waals surface area contributed by atoms with Gasteiger partial charge >= 0.3 is 5.97 Å². The first kappa shape index (κ1) is 13.4. The second-order valence-electron chi connectivity index (χ2n) is 4.41. The zero-order chi connectivity index (χ0) is 13.1. The highest BCUT2D eigenvalue weighted by molar-refractivity contribution is 7.12. The molecule has 1 heterocycles. The normalized spacial score (nSPS) is 23.6. The fraction of sp³-hybridized carbons (Fsp3) is 0.500. The van der Waals surface area contributed by atoms with Gasteiger partial charge in [0.15, 0.2) is 0 Å². The predicted molar refractivity (Wildman–Crippen MR) is 70.2 cm³/mol. The second kappa shape index (κ2) is 5.71. The maximum atomic E-state index is 12.0. The number of aliphatic carboxylic acids is 1. The molecule has 0 saturated heterocycles. The summed E-state index contributed by atoms with van der Waals surface area (Å²) in [5, 5.41) is 14.1. The van der Waals surface area contributed by atoms with Gasteiger partial charge in [0.05, 0.1) is 10.9 Å². The number of halogens is 1. The summed E-state index contributed by atoms with van der Waals surface area (Å²) in [6, 6.07) is 1.37. The third-order valence-corrected chi connectivity index (χ3v) is 4.56. The first-order valence-corrected chi connectivity index (χ1v) is 7.12. The summed E-state index contributed by atoms with van der Waals surface area (Å²) in [6.45, 7) is 0. The number of carbonyl (C=O) groups is 2. The van der Waals surface area contributed by atoms with Crippen molar-refractivity contribution in [1.29, 1.82) is 0 Å². The van der Waals surface area contributed by atoms with Crippen molar-refractivity contribution in [2.75, 3.05) is 0 Å². The van der Waals surface area contributed by atoms with Gasteiger partial charge in [0.25, 0.3) is 5.91 Å². The number of amides is 1. The summed E-state index contributed by atoms with van der Waals surface area (Å²) >= 11 is 7.15. The van der Waals surface area contributed by atoms with Crippen molar-refractivity contribution in [3.8, 4) is 0 Å². The third kappa shape index (κ3) is 2.84. The molecule has 18 heavy (non-hydrogen) atoms. The molecule has 2 rings (SSSR count). The molecule has 4 nitrogen and oxygen atoms in total. The van der Waals surface area contributed by atoms with Crippen LogP contribution < -0.4 is 5.32 Å². The average molecular weight is 288 g/mol. The lowest BCUT2D eigenvalue weighted by Crippen LogP contribution is -2.44. The number of nitrogens with one attached hydrogen (secondary N) is 1. The van der Waals surface area contributed by atoms with Gasteiger partial charge in [-0.1, -0.05) is 24.4 Å². The fourth-order valence-electron chi connectivity index (χ4n) is 2.29. The Kier molecular flexibility index (Phi) is 4.24. The summed E-state index contributed by atoms with van der Waals surface area (Å²) in [4.78, 5) is 23.6. The van der Waals surface area contributed by atoms with Crippen LogP contribution in [0.2, 0.25) is 5.02 Å². The number of carboxylic acids is 1. The van der Waals surface area contributed by atoms with Crippen molar-refractivity contribution in [3.05, 3.63) is 21.3 Å². The van der Waals surface area contributed by atoms with Gasteiger partial charge in [-0.25, -0.2) is 0 Å². The van der Waals surface area contributed by atoms with Crippen LogP contribution in [0.1, 0.15) is 35.4 Å². The number of thiophene rings is 1. The van der Waals surface area contributed by atoms with Crippen LogP contribution in [0.5, 0.6) is 0 Å². The van der Waals surface area contributed by atoms with Crippen molar-refractivity contribution in [2.24, 2.45) is 5.92 Å². The van der Waals surface area contributed by atoms with Crippen molar-refractivity contribution < 1.29 is 14.7 Å². The molecule has 0 spiro atoms. The van der Waals surface area contributed by atoms with Gasteiger partial charge in [-0.05, 0) is 24.3 Å². The van der Waals surface area contributed by atoms with E-state index < -0.39 is 11.9 Å². The minimum atomic E-state index is -0.836. The van der Waals surface area contributed by atoms with Gasteiger partial charge in [-0.15, -0.1) is 11.3 Å². The molecular weight excluding hydrogens is 274 g/mol. The van der Waals surface area contributed by atoms with Crippen LogP contribution in [0.4, 0.5) is 0 Å². The van der Waals surface area contributed by atoms with E-state index in [9.17, 15) is 9.59 Å². The van der Waals surface area contributed by atoms with Gasteiger partial charge in [-0.2, -0.15) is 0 Å². The molecule has 0 aliphatic heterocycles. The van der Waals surface area contributed by atoms with Gasteiger partial charge in [0.1, 0.15) is 4.88 Å². The molecule has 1 saturated carbocycles. The van der Waals surface area contributed by atoms with Gasteiger partial charge in [0.2, 0.25) is 0 Å². The first-order valence-electron chi connectivity index (χ1n) is 5.86. The van der Waals surface area contributed by atoms with Crippen LogP contribution in [0, 0.1) is 5.92 Å². The Hall–Kier alpha value is -1.07. The summed E-state index contributed by atoms with van der Waals surface area (Å²) in [5.41, 5.74) is 0. The number of hydrogen-bond donors (Lipinski definition) is 2. The molecule has 1 fully saturated rings. The predicted octanol–water partition coefficient (Wildman–Crippen LogP) is 2.77. The van der Waals surface area contributed by atoms with Crippen molar-refractivity contribution in [3.63, 3.8) is 0 Å². The van der Waals surface area contributed by atoms with E-state index >= 15 is 0 Å². The zero-order valence-corrected chi connectivity index (χ0v) is 11.3. The highest BCUT2D eigenvalue weighted by atomic mass is 35.5. The Morgan fingerprint density at radius 3 is 2.72 bits per heavy atom. The molecule has 1 aliphatic carbocycles. The summed E-state index contributed by atoms with van der Waals surface area (Å²) in [5.74, 6) is -1.59. The monoisotopic (exact) mass is 287 g/mol. The van der Waals surface area contributed by atoms with E-state index in [1.807, 2.05) is 0 Å². The van der Waals surface area contributed by atoms with E-state index in [-0.39, 0.29) is 11.9 Å². The molecule has 6 heteroatoms. The van der Waals surface area contributed by atoms with E-state index in [0.29, 0.717) is 22.7 Å². The molecule has 1 amide bonds. The minimum absolute atomic E-state index is 0.270. The smallest absolute Gasteiger partial charge is 0.308 e. The van der Waals surface area contributed by atoms with Crippen molar-refractivity contribution in [1.82, 2.24) is 5.32 Å². The van der Waals surface area contributed by atoms with Crippen LogP contribution in [0.3, 0.4) is 0 Å². The molecular formula is C12H14ClNO3S. The van der Waals surface area contributed by atoms with E-state index in [1.54, 1.807) is 11.4 Å². The Bertz CT molecular complexity index is 460. The minimum Gasteiger partial charge on any atom is -0.481 e. The number of carboxylic acid groups (broad SMARTS) is 1. The molecule has 1 aliphatic rings. The number of carbonyl (C=O) groups excluding carboxylic acids is 1. The zero-order valence-electron chi connectivity index (χ0n) is 9.69. The molecule has 2 N–H and O–H groups in total. The molecule has 1 aromatic heterocycles. The van der Waals surface area contributed by atoms with Crippen molar-refractivity contribution in [2.45, 2.75) is 31.7 Å². The quantitative estimate of drug-likeness (QED) is 0.898. The third-order valence-electron chi connectivity index (χ3n) is 3.22. The first-order chi connectivity index (χ1) is 8.59. The Labute approximate surface area is 114 Å². The molecule has 98 valence electrons. The highest BCUT2D eigenvalue weighted by Crippen LogP contribution is 2.27. The largest absolute Gasteiger partial charge is 0.481 e. The van der Waals surface area contributed by atoms with Crippen LogP contribution in [0.25, 0.3) is 0 Å². The summed E-state index contributed by atoms with van der Waals surface area (Å²) < 4.78 is 0. The molecule has 0 aromatic carbocycles. The SMILES string of the molecule is O=C(NC1CCCCC1C(=O)O)c1sccc1Cl. The highest BCUT2D eigenvalue weighted by Gasteiger charge is 2.32. The van der Waals surface area contributed by atoms with Crippen LogP contribution >= 0.6 is 22.9 Å². The Balaban J connectivity index is 2.05. The van der Waals surface area contributed by atoms with E-state index in [0.717, 1.165) is 12.8 Å². The molecule has 0 bridgehead atoms. The molecule has 1 aromatic rings. The van der Waals surface area contributed by atoms with Gasteiger partial charge in [0, 0.05) is 6.04 Å². The average Bonchev–Trinajstić information content (AvgIpc) is 2.76.